The largest absolute Gasteiger partial charge is 0.390 e. The maximum absolute atomic E-state index is 6.25. The van der Waals surface area contributed by atoms with E-state index in [0.717, 1.165) is 29.4 Å². The van der Waals surface area contributed by atoms with Crippen LogP contribution in [-0.2, 0) is 19.4 Å². The van der Waals surface area contributed by atoms with Crippen molar-refractivity contribution >= 4 is 16.3 Å². The van der Waals surface area contributed by atoms with Crippen LogP contribution in [0.2, 0.25) is 0 Å². The van der Waals surface area contributed by atoms with Crippen LogP contribution >= 0.6 is 11.3 Å². The minimum absolute atomic E-state index is 0.574. The highest BCUT2D eigenvalue weighted by molar-refractivity contribution is 7.16. The van der Waals surface area contributed by atoms with Gasteiger partial charge in [-0.15, -0.1) is 21.5 Å². The molecule has 0 fully saturated rings. The molecular weight excluding hydrogens is 256 g/mol. The smallest absolute Gasteiger partial charge is 0.167 e. The summed E-state index contributed by atoms with van der Waals surface area (Å²) in [6, 6.07) is 0. The number of nitrogens with zero attached hydrogens (tertiary/aromatic N) is 3. The summed E-state index contributed by atoms with van der Waals surface area (Å²) < 4.78 is 2.14. The summed E-state index contributed by atoms with van der Waals surface area (Å²) >= 11 is 1.74. The van der Waals surface area contributed by atoms with Gasteiger partial charge in [-0.3, -0.25) is 0 Å². The Morgan fingerprint density at radius 2 is 2.16 bits per heavy atom. The van der Waals surface area contributed by atoms with E-state index in [0.29, 0.717) is 5.92 Å². The van der Waals surface area contributed by atoms with E-state index >= 15 is 0 Å². The van der Waals surface area contributed by atoms with Gasteiger partial charge in [0.05, 0.1) is 10.6 Å². The van der Waals surface area contributed by atoms with Gasteiger partial charge in [0.25, 0.3) is 0 Å². The molecule has 5 heteroatoms. The van der Waals surface area contributed by atoms with Crippen LogP contribution in [0.25, 0.3) is 11.4 Å². The highest BCUT2D eigenvalue weighted by Gasteiger charge is 2.23. The quantitative estimate of drug-likeness (QED) is 0.937. The van der Waals surface area contributed by atoms with Gasteiger partial charge in [-0.2, -0.15) is 0 Å². The van der Waals surface area contributed by atoms with E-state index in [1.54, 1.807) is 11.3 Å². The first-order valence-electron chi connectivity index (χ1n) is 6.95. The van der Waals surface area contributed by atoms with Crippen molar-refractivity contribution in [2.24, 2.45) is 5.92 Å². The molecule has 3 rings (SSSR count). The number of aromatic nitrogens is 3. The van der Waals surface area contributed by atoms with Crippen molar-refractivity contribution in [2.75, 3.05) is 5.73 Å². The molecule has 1 aliphatic carbocycles. The van der Waals surface area contributed by atoms with Crippen LogP contribution in [0.1, 0.15) is 37.1 Å². The number of nitrogen functional groups attached to an aromatic ring is 1. The lowest BCUT2D eigenvalue weighted by molar-refractivity contribution is 0.525. The van der Waals surface area contributed by atoms with Crippen molar-refractivity contribution < 1.29 is 0 Å². The Hall–Kier alpha value is -1.36. The molecule has 0 spiro atoms. The van der Waals surface area contributed by atoms with Crippen molar-refractivity contribution in [2.45, 2.75) is 46.1 Å². The molecule has 2 heterocycles. The molecule has 0 saturated carbocycles. The van der Waals surface area contributed by atoms with Crippen molar-refractivity contribution in [1.29, 1.82) is 0 Å². The number of thiophene rings is 1. The molecule has 0 radical (unpaired) electrons. The van der Waals surface area contributed by atoms with Gasteiger partial charge in [0, 0.05) is 11.4 Å². The fourth-order valence-corrected chi connectivity index (χ4v) is 3.96. The molecule has 0 unspecified atom stereocenters. The van der Waals surface area contributed by atoms with Crippen LogP contribution in [-0.4, -0.2) is 14.8 Å². The van der Waals surface area contributed by atoms with Crippen molar-refractivity contribution in [1.82, 2.24) is 14.8 Å². The fraction of sp³-hybridized carbons (Fsp3) is 0.571. The van der Waals surface area contributed by atoms with Crippen LogP contribution in [0.4, 0.5) is 5.00 Å². The van der Waals surface area contributed by atoms with Gasteiger partial charge >= 0.3 is 0 Å². The summed E-state index contributed by atoms with van der Waals surface area (Å²) in [6.45, 7) is 5.35. The molecule has 0 aliphatic heterocycles. The second-order valence-electron chi connectivity index (χ2n) is 5.65. The van der Waals surface area contributed by atoms with Crippen LogP contribution in [0, 0.1) is 5.92 Å². The second-order valence-corrected chi connectivity index (χ2v) is 6.79. The zero-order valence-electron chi connectivity index (χ0n) is 11.5. The summed E-state index contributed by atoms with van der Waals surface area (Å²) in [5.74, 6) is 1.52. The van der Waals surface area contributed by atoms with Crippen molar-refractivity contribution in [3.63, 3.8) is 0 Å². The molecule has 19 heavy (non-hydrogen) atoms. The number of aryl methyl sites for hydroxylation is 1. The molecule has 2 aromatic heterocycles. The molecule has 2 aromatic rings. The van der Waals surface area contributed by atoms with Gasteiger partial charge in [0.2, 0.25) is 0 Å². The van der Waals surface area contributed by atoms with E-state index in [4.69, 9.17) is 5.73 Å². The third-order valence-corrected chi connectivity index (χ3v) is 4.72. The lowest BCUT2D eigenvalue weighted by atomic mass is 9.95. The van der Waals surface area contributed by atoms with Crippen molar-refractivity contribution in [3.05, 3.63) is 16.8 Å². The van der Waals surface area contributed by atoms with E-state index in [1.807, 2.05) is 6.33 Å². The molecule has 0 amide bonds. The zero-order chi connectivity index (χ0) is 13.4. The fourth-order valence-electron chi connectivity index (χ4n) is 2.81. The van der Waals surface area contributed by atoms with Gasteiger partial charge in [-0.05, 0) is 37.2 Å². The summed E-state index contributed by atoms with van der Waals surface area (Å²) in [5.41, 5.74) is 8.82. The topological polar surface area (TPSA) is 56.7 Å². The highest BCUT2D eigenvalue weighted by atomic mass is 32.1. The lowest BCUT2D eigenvalue weighted by Crippen LogP contribution is -2.07. The van der Waals surface area contributed by atoms with Gasteiger partial charge in [0.1, 0.15) is 6.33 Å². The number of hydrogen-bond donors (Lipinski definition) is 1. The Balaban J connectivity index is 2.07. The Morgan fingerprint density at radius 3 is 2.95 bits per heavy atom. The molecule has 1 aliphatic rings. The summed E-state index contributed by atoms with van der Waals surface area (Å²) in [7, 11) is 0. The first-order chi connectivity index (χ1) is 9.16. The Bertz CT molecular complexity index is 582. The van der Waals surface area contributed by atoms with E-state index < -0.39 is 0 Å². The first-order valence-corrected chi connectivity index (χ1v) is 7.76. The number of nitrogens with two attached hydrogens (primary N) is 1. The third kappa shape index (κ3) is 2.27. The van der Waals surface area contributed by atoms with E-state index in [1.165, 1.54) is 29.7 Å². The van der Waals surface area contributed by atoms with Gasteiger partial charge < -0.3 is 10.3 Å². The first kappa shape index (κ1) is 12.7. The predicted octanol–water partition coefficient (Wildman–Crippen LogP) is 3.12. The average molecular weight is 276 g/mol. The zero-order valence-corrected chi connectivity index (χ0v) is 12.3. The number of rotatable bonds is 3. The summed E-state index contributed by atoms with van der Waals surface area (Å²) in [4.78, 5) is 1.46. The normalized spacial score (nSPS) is 14.9. The monoisotopic (exact) mass is 276 g/mol. The van der Waals surface area contributed by atoms with E-state index in [-0.39, 0.29) is 0 Å². The minimum atomic E-state index is 0.574. The third-order valence-electron chi connectivity index (χ3n) is 3.60. The molecule has 102 valence electrons. The summed E-state index contributed by atoms with van der Waals surface area (Å²) in [5, 5.41) is 9.31. The second kappa shape index (κ2) is 4.96. The summed E-state index contributed by atoms with van der Waals surface area (Å²) in [6.07, 6.45) is 6.66. The lowest BCUT2D eigenvalue weighted by Gasteiger charge is -2.14. The van der Waals surface area contributed by atoms with E-state index in [9.17, 15) is 0 Å². The predicted molar refractivity (Wildman–Crippen MR) is 79.2 cm³/mol. The molecule has 0 atom stereocenters. The standard InChI is InChI=1S/C14H20N4S/c1-9(2)7-18-8-16-17-14(18)12-10-5-3-4-6-11(10)19-13(12)15/h8-9H,3-7,15H2,1-2H3. The number of hydrogen-bond acceptors (Lipinski definition) is 4. The Morgan fingerprint density at radius 1 is 1.37 bits per heavy atom. The number of fused-ring (bicyclic) bond motifs is 1. The van der Waals surface area contributed by atoms with Crippen LogP contribution in [0.5, 0.6) is 0 Å². The SMILES string of the molecule is CC(C)Cn1cnnc1-c1c(N)sc2c1CCCC2. The number of anilines is 1. The molecule has 4 nitrogen and oxygen atoms in total. The molecule has 2 N–H and O–H groups in total. The molecule has 0 bridgehead atoms. The van der Waals surface area contributed by atoms with Crippen LogP contribution in [0.3, 0.4) is 0 Å². The van der Waals surface area contributed by atoms with E-state index in [2.05, 4.69) is 28.6 Å². The molecule has 0 aromatic carbocycles. The Labute approximate surface area is 117 Å². The van der Waals surface area contributed by atoms with Gasteiger partial charge in [-0.25, -0.2) is 0 Å². The maximum atomic E-state index is 6.25. The molecule has 0 saturated heterocycles. The minimum Gasteiger partial charge on any atom is -0.390 e. The Kier molecular flexibility index (Phi) is 3.31. The van der Waals surface area contributed by atoms with Crippen LogP contribution in [0.15, 0.2) is 6.33 Å². The van der Waals surface area contributed by atoms with Gasteiger partial charge in [-0.1, -0.05) is 13.8 Å². The maximum Gasteiger partial charge on any atom is 0.167 e. The van der Waals surface area contributed by atoms with Crippen molar-refractivity contribution in [3.8, 4) is 11.4 Å². The van der Waals surface area contributed by atoms with Gasteiger partial charge in [0.15, 0.2) is 5.82 Å². The van der Waals surface area contributed by atoms with Crippen LogP contribution < -0.4 is 5.73 Å². The molecular formula is C14H20N4S. The average Bonchev–Trinajstić information content (AvgIpc) is 2.91. The highest BCUT2D eigenvalue weighted by Crippen LogP contribution is 2.41.